The minimum Gasteiger partial charge on any atom is -0.102 e. The van der Waals surface area contributed by atoms with Gasteiger partial charge in [0.25, 0.3) is 0 Å². The van der Waals surface area contributed by atoms with E-state index in [4.69, 9.17) is 0 Å². The normalized spacial score (nSPS) is 17.9. The lowest BCUT2D eigenvalue weighted by Crippen LogP contribution is -2.06. The first kappa shape index (κ1) is 9.51. The predicted molar refractivity (Wildman–Crippen MR) is 61.8 cm³/mol. The molecule has 2 rings (SSSR count). The lowest BCUT2D eigenvalue weighted by atomic mass is 9.88. The zero-order chi connectivity index (χ0) is 10.3. The Morgan fingerprint density at radius 1 is 1.14 bits per heavy atom. The molecule has 0 heteroatoms. The van der Waals surface area contributed by atoms with E-state index in [0.29, 0.717) is 5.41 Å². The molecule has 14 heavy (non-hydrogen) atoms. The molecule has 0 spiro atoms. The van der Waals surface area contributed by atoms with Gasteiger partial charge in [-0.3, -0.25) is 0 Å². The van der Waals surface area contributed by atoms with Gasteiger partial charge in [0, 0.05) is 5.41 Å². The molecule has 1 aromatic rings. The highest BCUT2D eigenvalue weighted by Crippen LogP contribution is 2.50. The van der Waals surface area contributed by atoms with Crippen LogP contribution in [-0.4, -0.2) is 0 Å². The van der Waals surface area contributed by atoms with Crippen LogP contribution in [-0.2, 0) is 5.41 Å². The van der Waals surface area contributed by atoms with E-state index in [2.05, 4.69) is 45.6 Å². The molecule has 0 radical (unpaired) electrons. The van der Waals surface area contributed by atoms with Crippen molar-refractivity contribution in [2.24, 2.45) is 0 Å². The van der Waals surface area contributed by atoms with E-state index in [1.165, 1.54) is 35.1 Å². The quantitative estimate of drug-likeness (QED) is 0.616. The highest BCUT2D eigenvalue weighted by atomic mass is 14.5. The van der Waals surface area contributed by atoms with Crippen LogP contribution in [0.4, 0.5) is 0 Å². The van der Waals surface area contributed by atoms with Gasteiger partial charge in [-0.1, -0.05) is 18.2 Å². The van der Waals surface area contributed by atoms with Gasteiger partial charge in [0.05, 0.1) is 0 Å². The van der Waals surface area contributed by atoms with E-state index in [9.17, 15) is 0 Å². The van der Waals surface area contributed by atoms with E-state index in [1.807, 2.05) is 0 Å². The van der Waals surface area contributed by atoms with Crippen LogP contribution >= 0.6 is 0 Å². The van der Waals surface area contributed by atoms with Crippen molar-refractivity contribution in [3.63, 3.8) is 0 Å². The summed E-state index contributed by atoms with van der Waals surface area (Å²) in [7, 11) is 0. The summed E-state index contributed by atoms with van der Waals surface area (Å²) in [5.74, 6) is 0. The van der Waals surface area contributed by atoms with Crippen molar-refractivity contribution in [2.45, 2.75) is 39.0 Å². The Morgan fingerprint density at radius 3 is 2.29 bits per heavy atom. The van der Waals surface area contributed by atoms with Crippen molar-refractivity contribution in [3.8, 4) is 0 Å². The second-order valence-corrected chi connectivity index (χ2v) is 4.54. The fraction of sp³-hybridized carbons (Fsp3) is 0.429. The largest absolute Gasteiger partial charge is 0.102 e. The topological polar surface area (TPSA) is 0 Å². The molecule has 0 saturated heterocycles. The summed E-state index contributed by atoms with van der Waals surface area (Å²) < 4.78 is 0. The number of aryl methyl sites for hydroxylation is 1. The van der Waals surface area contributed by atoms with Gasteiger partial charge >= 0.3 is 0 Å². The lowest BCUT2D eigenvalue weighted by Gasteiger charge is -2.17. The Hall–Kier alpha value is -1.04. The van der Waals surface area contributed by atoms with Crippen LogP contribution in [0.3, 0.4) is 0 Å². The zero-order valence-electron chi connectivity index (χ0n) is 9.35. The van der Waals surface area contributed by atoms with Crippen LogP contribution in [0.15, 0.2) is 24.8 Å². The fourth-order valence-electron chi connectivity index (χ4n) is 2.21. The lowest BCUT2D eigenvalue weighted by molar-refractivity contribution is 0.876. The first-order valence-electron chi connectivity index (χ1n) is 5.31. The fourth-order valence-corrected chi connectivity index (χ4v) is 2.21. The maximum atomic E-state index is 3.96. The molecule has 0 atom stereocenters. The highest BCUT2D eigenvalue weighted by Gasteiger charge is 2.42. The van der Waals surface area contributed by atoms with Crippen molar-refractivity contribution in [1.82, 2.24) is 0 Å². The van der Waals surface area contributed by atoms with Gasteiger partial charge in [-0.25, -0.2) is 0 Å². The van der Waals surface area contributed by atoms with Crippen molar-refractivity contribution in [1.29, 1.82) is 0 Å². The van der Waals surface area contributed by atoms with E-state index in [1.54, 1.807) is 0 Å². The van der Waals surface area contributed by atoms with E-state index in [-0.39, 0.29) is 0 Å². The molecule has 0 unspecified atom stereocenters. The Labute approximate surface area is 86.7 Å². The smallest absolute Gasteiger partial charge is 0.0133 e. The van der Waals surface area contributed by atoms with Crippen LogP contribution in [0.25, 0.3) is 0 Å². The zero-order valence-corrected chi connectivity index (χ0v) is 9.35. The van der Waals surface area contributed by atoms with Crippen molar-refractivity contribution >= 4 is 0 Å². The summed E-state index contributed by atoms with van der Waals surface area (Å²) in [6.07, 6.45) is 4.68. The molecular formula is C14H18. The molecule has 0 aliphatic heterocycles. The Kier molecular flexibility index (Phi) is 2.02. The van der Waals surface area contributed by atoms with Gasteiger partial charge < -0.3 is 0 Å². The summed E-state index contributed by atoms with van der Waals surface area (Å²) in [6, 6.07) is 4.52. The Morgan fingerprint density at radius 2 is 1.79 bits per heavy atom. The molecule has 1 aromatic carbocycles. The molecule has 1 saturated carbocycles. The van der Waals surface area contributed by atoms with Gasteiger partial charge in [0.15, 0.2) is 0 Å². The van der Waals surface area contributed by atoms with Crippen molar-refractivity contribution in [3.05, 3.63) is 47.0 Å². The molecular weight excluding hydrogens is 168 g/mol. The summed E-state index contributed by atoms with van der Waals surface area (Å²) in [5, 5.41) is 0. The number of rotatable bonds is 2. The number of hydrogen-bond acceptors (Lipinski definition) is 0. The first-order valence-corrected chi connectivity index (χ1v) is 5.31. The molecule has 0 amide bonds. The summed E-state index contributed by atoms with van der Waals surface area (Å²) in [6.45, 7) is 10.6. The molecule has 0 N–H and O–H groups in total. The molecule has 0 nitrogen and oxygen atoms in total. The van der Waals surface area contributed by atoms with Gasteiger partial charge in [-0.05, 0) is 55.9 Å². The van der Waals surface area contributed by atoms with Crippen LogP contribution in [0, 0.1) is 20.8 Å². The molecule has 0 aromatic heterocycles. The van der Waals surface area contributed by atoms with Crippen molar-refractivity contribution in [2.75, 3.05) is 0 Å². The number of benzene rings is 1. The second kappa shape index (κ2) is 2.98. The van der Waals surface area contributed by atoms with Gasteiger partial charge in [0.2, 0.25) is 0 Å². The van der Waals surface area contributed by atoms with Crippen LogP contribution in [0.1, 0.15) is 35.1 Å². The minimum absolute atomic E-state index is 0.322. The predicted octanol–water partition coefficient (Wildman–Crippen LogP) is 3.83. The van der Waals surface area contributed by atoms with Crippen molar-refractivity contribution < 1.29 is 0 Å². The molecule has 0 bridgehead atoms. The van der Waals surface area contributed by atoms with Crippen LogP contribution in [0.2, 0.25) is 0 Å². The maximum absolute atomic E-state index is 3.96. The van der Waals surface area contributed by atoms with E-state index >= 15 is 0 Å². The molecule has 1 fully saturated rings. The minimum atomic E-state index is 0.322. The Bertz CT molecular complexity index is 381. The van der Waals surface area contributed by atoms with Crippen LogP contribution < -0.4 is 0 Å². The molecule has 1 aliphatic rings. The summed E-state index contributed by atoms with van der Waals surface area (Å²) >= 11 is 0. The molecule has 0 heterocycles. The maximum Gasteiger partial charge on any atom is 0.0133 e. The van der Waals surface area contributed by atoms with Crippen LogP contribution in [0.5, 0.6) is 0 Å². The second-order valence-electron chi connectivity index (χ2n) is 4.54. The van der Waals surface area contributed by atoms with Gasteiger partial charge in [0.1, 0.15) is 0 Å². The third-order valence-corrected chi connectivity index (χ3v) is 3.77. The monoisotopic (exact) mass is 186 g/mol. The highest BCUT2D eigenvalue weighted by molar-refractivity contribution is 5.47. The SMILES string of the molecule is C=CC1(c2ccc(C)c(C)c2C)CC1. The third-order valence-electron chi connectivity index (χ3n) is 3.77. The average molecular weight is 186 g/mol. The van der Waals surface area contributed by atoms with Gasteiger partial charge in [-0.15, -0.1) is 6.58 Å². The summed E-state index contributed by atoms with van der Waals surface area (Å²) in [5.41, 5.74) is 6.11. The molecule has 1 aliphatic carbocycles. The third kappa shape index (κ3) is 1.21. The number of allylic oxidation sites excluding steroid dienone is 1. The first-order chi connectivity index (χ1) is 6.60. The van der Waals surface area contributed by atoms with Gasteiger partial charge in [-0.2, -0.15) is 0 Å². The number of hydrogen-bond donors (Lipinski definition) is 0. The molecule has 74 valence electrons. The average Bonchev–Trinajstić information content (AvgIpc) is 2.95. The summed E-state index contributed by atoms with van der Waals surface area (Å²) in [4.78, 5) is 0. The Balaban J connectivity index is 2.55. The standard InChI is InChI=1S/C14H18/c1-5-14(8-9-14)13-7-6-10(2)11(3)12(13)4/h5-7H,1,8-9H2,2-4H3. The van der Waals surface area contributed by atoms with E-state index in [0.717, 1.165) is 0 Å². The van der Waals surface area contributed by atoms with E-state index < -0.39 is 0 Å².